The van der Waals surface area contributed by atoms with E-state index in [1.807, 2.05) is 0 Å². The van der Waals surface area contributed by atoms with E-state index in [2.05, 4.69) is 12.2 Å². The molecule has 1 rings (SSSR count). The van der Waals surface area contributed by atoms with Crippen molar-refractivity contribution in [1.29, 1.82) is 0 Å². The normalized spacial score (nSPS) is 29.0. The Kier molecular flexibility index (Phi) is 6.17. The molecular formula is C11H23NO3. The molecule has 1 saturated heterocycles. The third-order valence-electron chi connectivity index (χ3n) is 2.75. The van der Waals surface area contributed by atoms with Gasteiger partial charge in [-0.1, -0.05) is 0 Å². The monoisotopic (exact) mass is 217 g/mol. The number of hydrogen-bond acceptors (Lipinski definition) is 4. The third-order valence-corrected chi connectivity index (χ3v) is 2.75. The van der Waals surface area contributed by atoms with Gasteiger partial charge < -0.3 is 19.9 Å². The van der Waals surface area contributed by atoms with Crippen molar-refractivity contribution in [2.24, 2.45) is 0 Å². The molecule has 4 heteroatoms. The van der Waals surface area contributed by atoms with Gasteiger partial charge in [0.15, 0.2) is 0 Å². The summed E-state index contributed by atoms with van der Waals surface area (Å²) in [6.07, 6.45) is 2.91. The van der Waals surface area contributed by atoms with Gasteiger partial charge in [-0.15, -0.1) is 0 Å². The molecule has 0 saturated carbocycles. The molecule has 0 aromatic heterocycles. The summed E-state index contributed by atoms with van der Waals surface area (Å²) < 4.78 is 10.3. The molecule has 4 nitrogen and oxygen atoms in total. The Morgan fingerprint density at radius 3 is 3.07 bits per heavy atom. The number of methoxy groups -OCH3 is 1. The van der Waals surface area contributed by atoms with Gasteiger partial charge in [-0.05, 0) is 32.7 Å². The Hall–Kier alpha value is -0.160. The zero-order valence-electron chi connectivity index (χ0n) is 9.74. The van der Waals surface area contributed by atoms with Crippen molar-refractivity contribution in [3.8, 4) is 0 Å². The summed E-state index contributed by atoms with van der Waals surface area (Å²) in [7, 11) is 1.61. The minimum Gasteiger partial charge on any atom is -0.391 e. The average molecular weight is 217 g/mol. The van der Waals surface area contributed by atoms with Crippen LogP contribution in [0.1, 0.15) is 26.2 Å². The number of nitrogens with one attached hydrogen (secondary N) is 1. The molecule has 15 heavy (non-hydrogen) atoms. The van der Waals surface area contributed by atoms with Crippen molar-refractivity contribution in [1.82, 2.24) is 5.32 Å². The van der Waals surface area contributed by atoms with Gasteiger partial charge in [0, 0.05) is 19.8 Å². The number of aliphatic hydroxyl groups is 1. The van der Waals surface area contributed by atoms with Gasteiger partial charge in [0.25, 0.3) is 0 Å². The summed E-state index contributed by atoms with van der Waals surface area (Å²) in [5, 5.41) is 12.9. The smallest absolute Gasteiger partial charge is 0.0785 e. The molecule has 0 radical (unpaired) electrons. The van der Waals surface area contributed by atoms with Gasteiger partial charge in [0.1, 0.15) is 0 Å². The first-order chi connectivity index (χ1) is 7.22. The fraction of sp³-hybridized carbons (Fsp3) is 1.00. The summed E-state index contributed by atoms with van der Waals surface area (Å²) in [6.45, 7) is 4.22. The fourth-order valence-electron chi connectivity index (χ4n) is 1.91. The lowest BCUT2D eigenvalue weighted by Gasteiger charge is -2.28. The summed E-state index contributed by atoms with van der Waals surface area (Å²) in [4.78, 5) is 0. The van der Waals surface area contributed by atoms with Crippen LogP contribution in [-0.4, -0.2) is 50.2 Å². The van der Waals surface area contributed by atoms with E-state index in [1.165, 1.54) is 0 Å². The van der Waals surface area contributed by atoms with E-state index in [-0.39, 0.29) is 6.10 Å². The second kappa shape index (κ2) is 7.17. The predicted octanol–water partition coefficient (Wildman–Crippen LogP) is 0.541. The molecule has 1 aliphatic heterocycles. The van der Waals surface area contributed by atoms with Crippen LogP contribution in [0.5, 0.6) is 0 Å². The van der Waals surface area contributed by atoms with Crippen LogP contribution in [0.15, 0.2) is 0 Å². The highest BCUT2D eigenvalue weighted by Crippen LogP contribution is 2.12. The lowest BCUT2D eigenvalue weighted by molar-refractivity contribution is 0.0117. The lowest BCUT2D eigenvalue weighted by Crippen LogP contribution is -2.39. The minimum absolute atomic E-state index is 0.347. The molecule has 3 unspecified atom stereocenters. The van der Waals surface area contributed by atoms with Gasteiger partial charge in [-0.25, -0.2) is 0 Å². The third kappa shape index (κ3) is 5.47. The highest BCUT2D eigenvalue weighted by Gasteiger charge is 2.18. The van der Waals surface area contributed by atoms with Crippen LogP contribution >= 0.6 is 0 Å². The molecule has 3 atom stereocenters. The standard InChI is InChI=1S/C11H23NO3/c1-9-7-10(4-6-15-9)12-5-3-11(13)8-14-2/h9-13H,3-8H2,1-2H3. The SMILES string of the molecule is COCC(O)CCNC1CCOC(C)C1. The quantitative estimate of drug-likeness (QED) is 0.682. The molecule has 1 fully saturated rings. The van der Waals surface area contributed by atoms with Crippen molar-refractivity contribution in [3.05, 3.63) is 0 Å². The molecule has 90 valence electrons. The van der Waals surface area contributed by atoms with E-state index >= 15 is 0 Å². The van der Waals surface area contributed by atoms with Crippen LogP contribution in [0, 0.1) is 0 Å². The average Bonchev–Trinajstić information content (AvgIpc) is 2.18. The van der Waals surface area contributed by atoms with Gasteiger partial charge in [0.05, 0.1) is 18.8 Å². The largest absolute Gasteiger partial charge is 0.391 e. The molecular weight excluding hydrogens is 194 g/mol. The first kappa shape index (κ1) is 12.9. The Balaban J connectivity index is 2.03. The summed E-state index contributed by atoms with van der Waals surface area (Å²) >= 11 is 0. The van der Waals surface area contributed by atoms with E-state index in [4.69, 9.17) is 9.47 Å². The molecule has 0 aromatic carbocycles. The Morgan fingerprint density at radius 1 is 1.60 bits per heavy atom. The minimum atomic E-state index is -0.347. The summed E-state index contributed by atoms with van der Waals surface area (Å²) in [5.74, 6) is 0. The molecule has 0 amide bonds. The first-order valence-electron chi connectivity index (χ1n) is 5.74. The molecule has 1 aliphatic rings. The Morgan fingerprint density at radius 2 is 2.40 bits per heavy atom. The molecule has 2 N–H and O–H groups in total. The van der Waals surface area contributed by atoms with Crippen molar-refractivity contribution in [3.63, 3.8) is 0 Å². The Bertz CT molecular complexity index is 166. The fourth-order valence-corrected chi connectivity index (χ4v) is 1.91. The first-order valence-corrected chi connectivity index (χ1v) is 5.74. The molecule has 0 bridgehead atoms. The molecule has 0 aliphatic carbocycles. The maximum Gasteiger partial charge on any atom is 0.0785 e. The zero-order chi connectivity index (χ0) is 11.1. The van der Waals surface area contributed by atoms with Gasteiger partial charge in [0.2, 0.25) is 0 Å². The highest BCUT2D eigenvalue weighted by atomic mass is 16.5. The van der Waals surface area contributed by atoms with Crippen molar-refractivity contribution >= 4 is 0 Å². The van der Waals surface area contributed by atoms with Crippen LogP contribution in [0.25, 0.3) is 0 Å². The molecule has 0 spiro atoms. The molecule has 0 aromatic rings. The van der Waals surface area contributed by atoms with Gasteiger partial charge in [-0.2, -0.15) is 0 Å². The van der Waals surface area contributed by atoms with E-state index in [9.17, 15) is 5.11 Å². The van der Waals surface area contributed by atoms with Crippen LogP contribution < -0.4 is 5.32 Å². The van der Waals surface area contributed by atoms with Crippen molar-refractivity contribution in [2.75, 3.05) is 26.9 Å². The van der Waals surface area contributed by atoms with E-state index in [0.29, 0.717) is 18.8 Å². The predicted molar refractivity (Wildman–Crippen MR) is 58.9 cm³/mol. The second-order valence-electron chi connectivity index (χ2n) is 4.25. The zero-order valence-corrected chi connectivity index (χ0v) is 9.74. The maximum atomic E-state index is 9.44. The lowest BCUT2D eigenvalue weighted by atomic mass is 10.0. The van der Waals surface area contributed by atoms with Crippen LogP contribution in [0.4, 0.5) is 0 Å². The maximum absolute atomic E-state index is 9.44. The van der Waals surface area contributed by atoms with Gasteiger partial charge in [-0.3, -0.25) is 0 Å². The number of aliphatic hydroxyl groups excluding tert-OH is 1. The van der Waals surface area contributed by atoms with Crippen LogP contribution in [-0.2, 0) is 9.47 Å². The van der Waals surface area contributed by atoms with Crippen molar-refractivity contribution < 1.29 is 14.6 Å². The van der Waals surface area contributed by atoms with Gasteiger partial charge >= 0.3 is 0 Å². The summed E-state index contributed by atoms with van der Waals surface area (Å²) in [5.41, 5.74) is 0. The Labute approximate surface area is 92.0 Å². The number of ether oxygens (including phenoxy) is 2. The molecule has 1 heterocycles. The van der Waals surface area contributed by atoms with E-state index in [1.54, 1.807) is 7.11 Å². The second-order valence-corrected chi connectivity index (χ2v) is 4.25. The van der Waals surface area contributed by atoms with Crippen LogP contribution in [0.2, 0.25) is 0 Å². The van der Waals surface area contributed by atoms with Crippen LogP contribution in [0.3, 0.4) is 0 Å². The van der Waals surface area contributed by atoms with E-state index in [0.717, 1.165) is 32.4 Å². The topological polar surface area (TPSA) is 50.7 Å². The number of hydrogen-bond donors (Lipinski definition) is 2. The summed E-state index contributed by atoms with van der Waals surface area (Å²) in [6, 6.07) is 0.545. The highest BCUT2D eigenvalue weighted by molar-refractivity contribution is 4.74. The van der Waals surface area contributed by atoms with Crippen molar-refractivity contribution in [2.45, 2.75) is 44.4 Å². The number of rotatable bonds is 6. The van der Waals surface area contributed by atoms with E-state index < -0.39 is 0 Å².